The van der Waals surface area contributed by atoms with Crippen LogP contribution < -0.4 is 15.9 Å². The summed E-state index contributed by atoms with van der Waals surface area (Å²) in [6.07, 6.45) is 4.08. The monoisotopic (exact) mass is 400 g/mol. The second kappa shape index (κ2) is 7.13. The first kappa shape index (κ1) is 18.8. The highest BCUT2D eigenvalue weighted by Gasteiger charge is 2.38. The molecule has 8 heteroatoms. The van der Waals surface area contributed by atoms with Crippen molar-refractivity contribution in [3.63, 3.8) is 0 Å². The van der Waals surface area contributed by atoms with Crippen LogP contribution in [0.2, 0.25) is 0 Å². The smallest absolute Gasteiger partial charge is 0.255 e. The number of hydrogen-bond acceptors (Lipinski definition) is 5. The highest BCUT2D eigenvalue weighted by Crippen LogP contribution is 2.40. The average Bonchev–Trinajstić information content (AvgIpc) is 3.22. The molecule has 1 amide bonds. The second-order valence-corrected chi connectivity index (χ2v) is 8.19. The predicted molar refractivity (Wildman–Crippen MR) is 110 cm³/mol. The van der Waals surface area contributed by atoms with Gasteiger partial charge in [-0.15, -0.1) is 9.24 Å². The Morgan fingerprint density at radius 3 is 2.82 bits per heavy atom. The third-order valence-electron chi connectivity index (χ3n) is 4.99. The number of carbonyl (C=O) groups excluding carboxylic acids is 1. The number of hydrogen-bond donors (Lipinski definition) is 2. The van der Waals surface area contributed by atoms with Gasteiger partial charge in [0, 0.05) is 12.1 Å². The van der Waals surface area contributed by atoms with E-state index >= 15 is 0 Å². The van der Waals surface area contributed by atoms with Gasteiger partial charge >= 0.3 is 0 Å². The molecular weight excluding hydrogens is 378 g/mol. The van der Waals surface area contributed by atoms with Crippen LogP contribution in [-0.4, -0.2) is 28.0 Å². The number of aromatic nitrogens is 2. The molecule has 2 heterocycles. The zero-order chi connectivity index (χ0) is 19.9. The fraction of sp³-hybridized carbons (Fsp3) is 0.350. The van der Waals surface area contributed by atoms with E-state index in [-0.39, 0.29) is 17.3 Å². The lowest BCUT2D eigenvalue weighted by Crippen LogP contribution is -2.26. The Morgan fingerprint density at radius 2 is 2.11 bits per heavy atom. The summed E-state index contributed by atoms with van der Waals surface area (Å²) in [5.74, 6) is 0.573. The van der Waals surface area contributed by atoms with Crippen LogP contribution in [0.15, 0.2) is 28.9 Å². The molecule has 3 aromatic rings. The fourth-order valence-corrected chi connectivity index (χ4v) is 3.61. The summed E-state index contributed by atoms with van der Waals surface area (Å²) in [6.45, 7) is 4.24. The molecule has 4 rings (SSSR count). The molecular formula is C20H22FN4O2P. The minimum Gasteiger partial charge on any atom is -0.442 e. The molecule has 2 N–H and O–H groups in total. The topological polar surface area (TPSA) is 80.1 Å². The van der Waals surface area contributed by atoms with Crippen LogP contribution in [0.1, 0.15) is 41.4 Å². The van der Waals surface area contributed by atoms with E-state index in [1.54, 1.807) is 6.92 Å². The molecule has 1 aliphatic rings. The standard InChI is InChI=1S/C20H22FN4O2P/c1-11-15(18(26)22-6-3-12-7-13(21)9-14(28)8-12)16-17(25-20(2)4-5-20)23-10-24-19(16)27-11/h7-10H,3-6,28H2,1-2H3,(H,22,26)(H,23,24,25). The van der Waals surface area contributed by atoms with E-state index in [4.69, 9.17) is 4.42 Å². The third kappa shape index (κ3) is 3.85. The predicted octanol–water partition coefficient (Wildman–Crippen LogP) is 3.11. The molecule has 1 saturated carbocycles. The average molecular weight is 400 g/mol. The first-order valence-electron chi connectivity index (χ1n) is 9.20. The quantitative estimate of drug-likeness (QED) is 0.622. The van der Waals surface area contributed by atoms with E-state index in [1.165, 1.54) is 18.5 Å². The number of nitrogens with one attached hydrogen (secondary N) is 2. The first-order chi connectivity index (χ1) is 13.3. The molecule has 146 valence electrons. The molecule has 0 radical (unpaired) electrons. The van der Waals surface area contributed by atoms with Gasteiger partial charge in [-0.1, -0.05) is 6.07 Å². The van der Waals surface area contributed by atoms with Crippen LogP contribution >= 0.6 is 9.24 Å². The number of amides is 1. The van der Waals surface area contributed by atoms with Gasteiger partial charge < -0.3 is 15.1 Å². The van der Waals surface area contributed by atoms with Gasteiger partial charge in [0.1, 0.15) is 23.7 Å². The van der Waals surface area contributed by atoms with Gasteiger partial charge in [0.2, 0.25) is 5.71 Å². The minimum atomic E-state index is -0.285. The van der Waals surface area contributed by atoms with E-state index in [0.717, 1.165) is 23.7 Å². The summed E-state index contributed by atoms with van der Waals surface area (Å²) in [7, 11) is 2.48. The largest absolute Gasteiger partial charge is 0.442 e. The molecule has 1 fully saturated rings. The number of nitrogens with zero attached hydrogens (tertiary/aromatic N) is 2. The third-order valence-corrected chi connectivity index (χ3v) is 5.32. The van der Waals surface area contributed by atoms with Crippen LogP contribution in [0.5, 0.6) is 0 Å². The number of carbonyl (C=O) groups is 1. The SMILES string of the molecule is Cc1oc2ncnc(NC3(C)CC3)c2c1C(=O)NCCc1cc(F)cc(P)c1. The van der Waals surface area contributed by atoms with Gasteiger partial charge in [0.15, 0.2) is 0 Å². The summed E-state index contributed by atoms with van der Waals surface area (Å²) < 4.78 is 19.2. The molecule has 28 heavy (non-hydrogen) atoms. The lowest BCUT2D eigenvalue weighted by atomic mass is 10.1. The van der Waals surface area contributed by atoms with Crippen molar-refractivity contribution in [3.8, 4) is 0 Å². The summed E-state index contributed by atoms with van der Waals surface area (Å²) >= 11 is 0. The highest BCUT2D eigenvalue weighted by molar-refractivity contribution is 7.27. The Labute approximate surface area is 164 Å². The zero-order valence-corrected chi connectivity index (χ0v) is 17.0. The molecule has 0 spiro atoms. The first-order valence-corrected chi connectivity index (χ1v) is 9.78. The highest BCUT2D eigenvalue weighted by atomic mass is 31.0. The molecule has 1 unspecified atom stereocenters. The molecule has 1 aromatic carbocycles. The number of anilines is 1. The Kier molecular flexibility index (Phi) is 4.79. The van der Waals surface area contributed by atoms with Crippen LogP contribution in [-0.2, 0) is 6.42 Å². The number of fused-ring (bicyclic) bond motifs is 1. The van der Waals surface area contributed by atoms with Crippen LogP contribution in [0, 0.1) is 12.7 Å². The minimum absolute atomic E-state index is 0.00740. The lowest BCUT2D eigenvalue weighted by Gasteiger charge is -2.13. The number of benzene rings is 1. The number of rotatable bonds is 6. The molecule has 6 nitrogen and oxygen atoms in total. The van der Waals surface area contributed by atoms with E-state index in [0.29, 0.717) is 41.2 Å². The van der Waals surface area contributed by atoms with Crippen LogP contribution in [0.25, 0.3) is 11.1 Å². The Balaban J connectivity index is 1.54. The lowest BCUT2D eigenvalue weighted by molar-refractivity contribution is 0.0954. The number of halogens is 1. The summed E-state index contributed by atoms with van der Waals surface area (Å²) in [5, 5.41) is 7.68. The normalized spacial score (nSPS) is 14.9. The molecule has 0 aliphatic heterocycles. The summed E-state index contributed by atoms with van der Waals surface area (Å²) in [5.41, 5.74) is 1.66. The van der Waals surface area contributed by atoms with Crippen LogP contribution in [0.3, 0.4) is 0 Å². The van der Waals surface area contributed by atoms with Crippen molar-refractivity contribution in [3.05, 3.63) is 47.2 Å². The maximum atomic E-state index is 13.5. The number of aryl methyl sites for hydroxylation is 1. The van der Waals surface area contributed by atoms with Gasteiger partial charge in [-0.3, -0.25) is 4.79 Å². The Morgan fingerprint density at radius 1 is 1.32 bits per heavy atom. The Hall–Kier alpha value is -2.53. The Bertz CT molecular complexity index is 1040. The molecule has 1 aliphatic carbocycles. The maximum Gasteiger partial charge on any atom is 0.255 e. The molecule has 0 saturated heterocycles. The maximum absolute atomic E-state index is 13.5. The van der Waals surface area contributed by atoms with Crippen molar-refractivity contribution in [2.75, 3.05) is 11.9 Å². The van der Waals surface area contributed by atoms with Gasteiger partial charge in [0.05, 0.1) is 10.9 Å². The zero-order valence-electron chi connectivity index (χ0n) is 15.8. The van der Waals surface area contributed by atoms with E-state index in [2.05, 4.69) is 36.8 Å². The van der Waals surface area contributed by atoms with Crippen molar-refractivity contribution >= 4 is 37.4 Å². The summed E-state index contributed by atoms with van der Waals surface area (Å²) in [4.78, 5) is 21.4. The van der Waals surface area contributed by atoms with Crippen molar-refractivity contribution < 1.29 is 13.6 Å². The number of furan rings is 1. The van der Waals surface area contributed by atoms with Crippen LogP contribution in [0.4, 0.5) is 10.2 Å². The molecule has 2 aromatic heterocycles. The van der Waals surface area contributed by atoms with Gasteiger partial charge in [-0.05, 0) is 56.1 Å². The summed E-state index contributed by atoms with van der Waals surface area (Å²) in [6, 6.07) is 4.80. The fourth-order valence-electron chi connectivity index (χ4n) is 3.24. The van der Waals surface area contributed by atoms with Gasteiger partial charge in [0.25, 0.3) is 5.91 Å². The molecule has 0 bridgehead atoms. The molecule has 1 atom stereocenters. The van der Waals surface area contributed by atoms with Gasteiger partial charge in [-0.25, -0.2) is 14.4 Å². The van der Waals surface area contributed by atoms with Crippen molar-refractivity contribution in [2.24, 2.45) is 0 Å². The van der Waals surface area contributed by atoms with Gasteiger partial charge in [-0.2, -0.15) is 0 Å². The van der Waals surface area contributed by atoms with E-state index < -0.39 is 0 Å². The second-order valence-electron chi connectivity index (χ2n) is 7.52. The van der Waals surface area contributed by atoms with E-state index in [1.807, 2.05) is 6.07 Å². The van der Waals surface area contributed by atoms with Crippen molar-refractivity contribution in [1.82, 2.24) is 15.3 Å². The van der Waals surface area contributed by atoms with Crippen molar-refractivity contribution in [2.45, 2.75) is 38.6 Å². The van der Waals surface area contributed by atoms with E-state index in [9.17, 15) is 9.18 Å². The van der Waals surface area contributed by atoms with Crippen molar-refractivity contribution in [1.29, 1.82) is 0 Å².